The van der Waals surface area contributed by atoms with Gasteiger partial charge in [-0.1, -0.05) is 0 Å². The standard InChI is InChI=1S/C13H15FN2O3S/c1-9-13(2,5-6-19-9)16-20(17,18)11-3-4-12(14)10(7-11)8-15/h3-4,7,9,16H,5-6H2,1-2H3. The monoisotopic (exact) mass is 298 g/mol. The highest BCUT2D eigenvalue weighted by Crippen LogP contribution is 2.27. The molecule has 2 atom stereocenters. The van der Waals surface area contributed by atoms with E-state index in [4.69, 9.17) is 10.00 Å². The molecule has 1 aromatic carbocycles. The van der Waals surface area contributed by atoms with Gasteiger partial charge in [-0.05, 0) is 38.5 Å². The van der Waals surface area contributed by atoms with Crippen molar-refractivity contribution in [1.82, 2.24) is 4.72 Å². The third-order valence-electron chi connectivity index (χ3n) is 3.62. The highest BCUT2D eigenvalue weighted by atomic mass is 32.2. The van der Waals surface area contributed by atoms with Crippen LogP contribution in [0.4, 0.5) is 4.39 Å². The first-order valence-corrected chi connectivity index (χ1v) is 7.62. The van der Waals surface area contributed by atoms with E-state index in [-0.39, 0.29) is 16.6 Å². The predicted molar refractivity (Wildman–Crippen MR) is 69.9 cm³/mol. The van der Waals surface area contributed by atoms with Crippen molar-refractivity contribution in [2.75, 3.05) is 6.61 Å². The number of benzene rings is 1. The van der Waals surface area contributed by atoms with Crippen LogP contribution in [0.25, 0.3) is 0 Å². The summed E-state index contributed by atoms with van der Waals surface area (Å²) in [4.78, 5) is -0.129. The molecule has 7 heteroatoms. The number of nitriles is 1. The number of rotatable bonds is 3. The Hall–Kier alpha value is -1.49. The molecule has 2 rings (SSSR count). The normalized spacial score (nSPS) is 26.4. The molecule has 5 nitrogen and oxygen atoms in total. The van der Waals surface area contributed by atoms with Crippen molar-refractivity contribution in [3.05, 3.63) is 29.6 Å². The van der Waals surface area contributed by atoms with Gasteiger partial charge in [-0.2, -0.15) is 5.26 Å². The topological polar surface area (TPSA) is 79.2 Å². The fourth-order valence-electron chi connectivity index (χ4n) is 2.09. The molecule has 1 aliphatic rings. The SMILES string of the molecule is CC1OCCC1(C)NS(=O)(=O)c1ccc(F)c(C#N)c1. The van der Waals surface area contributed by atoms with Crippen LogP contribution in [0.5, 0.6) is 0 Å². The van der Waals surface area contributed by atoms with Crippen LogP contribution in [0, 0.1) is 17.1 Å². The van der Waals surface area contributed by atoms with E-state index < -0.39 is 21.4 Å². The van der Waals surface area contributed by atoms with Crippen LogP contribution in [0.15, 0.2) is 23.1 Å². The van der Waals surface area contributed by atoms with Crippen LogP contribution in [0.2, 0.25) is 0 Å². The van der Waals surface area contributed by atoms with Crippen LogP contribution < -0.4 is 4.72 Å². The summed E-state index contributed by atoms with van der Waals surface area (Å²) < 4.78 is 45.8. The van der Waals surface area contributed by atoms with Crippen LogP contribution in [0.1, 0.15) is 25.8 Å². The molecule has 0 radical (unpaired) electrons. The molecule has 0 aliphatic carbocycles. The summed E-state index contributed by atoms with van der Waals surface area (Å²) in [5.41, 5.74) is -1.01. The quantitative estimate of drug-likeness (QED) is 0.918. The number of hydrogen-bond acceptors (Lipinski definition) is 4. The Morgan fingerprint density at radius 1 is 1.55 bits per heavy atom. The minimum atomic E-state index is -3.83. The molecule has 1 heterocycles. The van der Waals surface area contributed by atoms with E-state index in [1.54, 1.807) is 19.9 Å². The first-order chi connectivity index (χ1) is 9.28. The number of sulfonamides is 1. The van der Waals surface area contributed by atoms with Gasteiger partial charge in [-0.15, -0.1) is 0 Å². The molecule has 0 spiro atoms. The second-order valence-electron chi connectivity index (χ2n) is 5.04. The minimum absolute atomic E-state index is 0.129. The molecule has 1 aromatic rings. The number of nitrogens with zero attached hydrogens (tertiary/aromatic N) is 1. The summed E-state index contributed by atoms with van der Waals surface area (Å²) >= 11 is 0. The zero-order valence-electron chi connectivity index (χ0n) is 11.2. The second-order valence-corrected chi connectivity index (χ2v) is 6.72. The molecular formula is C13H15FN2O3S. The van der Waals surface area contributed by atoms with E-state index in [0.29, 0.717) is 13.0 Å². The lowest BCUT2D eigenvalue weighted by Gasteiger charge is -2.28. The zero-order valence-corrected chi connectivity index (χ0v) is 12.0. The van der Waals surface area contributed by atoms with Crippen LogP contribution in [0.3, 0.4) is 0 Å². The van der Waals surface area contributed by atoms with Crippen molar-refractivity contribution < 1.29 is 17.5 Å². The van der Waals surface area contributed by atoms with E-state index in [0.717, 1.165) is 18.2 Å². The van der Waals surface area contributed by atoms with Gasteiger partial charge in [0.1, 0.15) is 11.9 Å². The molecular weight excluding hydrogens is 283 g/mol. The number of halogens is 1. The number of hydrogen-bond donors (Lipinski definition) is 1. The summed E-state index contributed by atoms with van der Waals surface area (Å²) in [5.74, 6) is -0.741. The fraction of sp³-hybridized carbons (Fsp3) is 0.462. The summed E-state index contributed by atoms with van der Waals surface area (Å²) in [6, 6.07) is 4.77. The first kappa shape index (κ1) is 14.9. The van der Waals surface area contributed by atoms with Gasteiger partial charge in [0, 0.05) is 6.61 Å². The molecule has 1 fully saturated rings. The largest absolute Gasteiger partial charge is 0.376 e. The first-order valence-electron chi connectivity index (χ1n) is 6.14. The maximum Gasteiger partial charge on any atom is 0.241 e. The van der Waals surface area contributed by atoms with Crippen molar-refractivity contribution in [2.24, 2.45) is 0 Å². The van der Waals surface area contributed by atoms with E-state index in [1.165, 1.54) is 0 Å². The van der Waals surface area contributed by atoms with Gasteiger partial charge >= 0.3 is 0 Å². The van der Waals surface area contributed by atoms with E-state index in [1.807, 2.05) is 0 Å². The molecule has 1 N–H and O–H groups in total. The average Bonchev–Trinajstić information content (AvgIpc) is 2.68. The molecule has 0 aromatic heterocycles. The van der Waals surface area contributed by atoms with Crippen molar-refractivity contribution in [3.63, 3.8) is 0 Å². The maximum atomic E-state index is 13.2. The molecule has 20 heavy (non-hydrogen) atoms. The van der Waals surface area contributed by atoms with E-state index >= 15 is 0 Å². The summed E-state index contributed by atoms with van der Waals surface area (Å²) in [6.45, 7) is 4.03. The lowest BCUT2D eigenvalue weighted by molar-refractivity contribution is 0.0957. The Balaban J connectivity index is 2.34. The smallest absolute Gasteiger partial charge is 0.241 e. The molecule has 0 saturated carbocycles. The van der Waals surface area contributed by atoms with Gasteiger partial charge in [0.05, 0.1) is 22.1 Å². The maximum absolute atomic E-state index is 13.2. The third kappa shape index (κ3) is 2.68. The van der Waals surface area contributed by atoms with E-state index in [2.05, 4.69) is 4.72 Å². The highest BCUT2D eigenvalue weighted by Gasteiger charge is 2.40. The molecule has 108 valence electrons. The van der Waals surface area contributed by atoms with Crippen LogP contribution in [-0.2, 0) is 14.8 Å². The molecule has 0 bridgehead atoms. The second kappa shape index (κ2) is 5.13. The molecule has 1 saturated heterocycles. The van der Waals surface area contributed by atoms with Crippen LogP contribution >= 0.6 is 0 Å². The van der Waals surface area contributed by atoms with Gasteiger partial charge in [0.15, 0.2) is 0 Å². The molecule has 1 aliphatic heterocycles. The van der Waals surface area contributed by atoms with Gasteiger partial charge < -0.3 is 4.74 Å². The van der Waals surface area contributed by atoms with E-state index in [9.17, 15) is 12.8 Å². The van der Waals surface area contributed by atoms with Crippen molar-refractivity contribution in [1.29, 1.82) is 5.26 Å². The Kier molecular flexibility index (Phi) is 3.82. The van der Waals surface area contributed by atoms with Crippen molar-refractivity contribution in [2.45, 2.75) is 36.8 Å². The Bertz CT molecular complexity index is 669. The summed E-state index contributed by atoms with van der Waals surface area (Å²) in [6.07, 6.45) is 0.299. The van der Waals surface area contributed by atoms with Gasteiger partial charge in [-0.3, -0.25) is 0 Å². The van der Waals surface area contributed by atoms with Crippen LogP contribution in [-0.4, -0.2) is 26.7 Å². The molecule has 2 unspecified atom stereocenters. The summed E-state index contributed by atoms with van der Waals surface area (Å²) in [5, 5.41) is 8.76. The predicted octanol–water partition coefficient (Wildman–Crippen LogP) is 1.54. The summed E-state index contributed by atoms with van der Waals surface area (Å²) in [7, 11) is -3.83. The highest BCUT2D eigenvalue weighted by molar-refractivity contribution is 7.89. The number of ether oxygens (including phenoxy) is 1. The Morgan fingerprint density at radius 2 is 2.25 bits per heavy atom. The van der Waals surface area contributed by atoms with Gasteiger partial charge in [0.2, 0.25) is 10.0 Å². The average molecular weight is 298 g/mol. The Morgan fingerprint density at radius 3 is 2.80 bits per heavy atom. The van der Waals surface area contributed by atoms with Crippen molar-refractivity contribution >= 4 is 10.0 Å². The minimum Gasteiger partial charge on any atom is -0.376 e. The van der Waals surface area contributed by atoms with Gasteiger partial charge in [-0.25, -0.2) is 17.5 Å². The lowest BCUT2D eigenvalue weighted by Crippen LogP contribution is -2.50. The van der Waals surface area contributed by atoms with Crippen molar-refractivity contribution in [3.8, 4) is 6.07 Å². The Labute approximate surface area is 117 Å². The molecule has 0 amide bonds. The van der Waals surface area contributed by atoms with Gasteiger partial charge in [0.25, 0.3) is 0 Å². The fourth-order valence-corrected chi connectivity index (χ4v) is 3.61. The lowest BCUT2D eigenvalue weighted by atomic mass is 9.97. The zero-order chi connectivity index (χ0) is 15.0. The number of nitrogens with one attached hydrogen (secondary N) is 1. The third-order valence-corrected chi connectivity index (χ3v) is 5.23.